The molecule has 1 saturated heterocycles. The van der Waals surface area contributed by atoms with Crippen molar-refractivity contribution in [2.75, 3.05) is 13.1 Å². The molecule has 2 aromatic rings. The van der Waals surface area contributed by atoms with Gasteiger partial charge < -0.3 is 5.73 Å². The summed E-state index contributed by atoms with van der Waals surface area (Å²) in [5, 5.41) is 3.39. The topological polar surface area (TPSA) is 58.4 Å². The van der Waals surface area contributed by atoms with Gasteiger partial charge in [0.15, 0.2) is 0 Å². The fourth-order valence-electron chi connectivity index (χ4n) is 3.35. The number of piperidine rings is 1. The van der Waals surface area contributed by atoms with E-state index in [4.69, 9.17) is 5.73 Å². The summed E-state index contributed by atoms with van der Waals surface area (Å²) in [7, 11) is 0. The van der Waals surface area contributed by atoms with Crippen molar-refractivity contribution in [3.63, 3.8) is 0 Å². The molecule has 0 saturated carbocycles. The van der Waals surface area contributed by atoms with Crippen LogP contribution >= 0.6 is 0 Å². The number of hydrogen-bond donors (Lipinski definition) is 2. The predicted molar refractivity (Wildman–Crippen MR) is 96.2 cm³/mol. The molecule has 0 bridgehead atoms. The van der Waals surface area contributed by atoms with Crippen LogP contribution < -0.4 is 11.1 Å². The van der Waals surface area contributed by atoms with E-state index in [9.17, 15) is 9.18 Å². The SMILES string of the molecule is NC(=O)C(NC1CCN(Cc2ccccc2F)CC1)c1ccccc1. The zero-order valence-electron chi connectivity index (χ0n) is 14.2. The average Bonchev–Trinajstić information content (AvgIpc) is 2.63. The van der Waals surface area contributed by atoms with Crippen LogP contribution in [0.2, 0.25) is 0 Å². The number of primary amides is 1. The molecule has 0 aliphatic carbocycles. The second-order valence-corrected chi connectivity index (χ2v) is 6.55. The highest BCUT2D eigenvalue weighted by Crippen LogP contribution is 2.19. The number of halogens is 1. The van der Waals surface area contributed by atoms with Gasteiger partial charge in [0, 0.05) is 18.2 Å². The minimum atomic E-state index is -0.468. The Kier molecular flexibility index (Phi) is 5.79. The number of likely N-dealkylation sites (tertiary alicyclic amines) is 1. The van der Waals surface area contributed by atoms with E-state index in [0.29, 0.717) is 6.54 Å². The fraction of sp³-hybridized carbons (Fsp3) is 0.350. The molecule has 4 nitrogen and oxygen atoms in total. The molecule has 0 spiro atoms. The van der Waals surface area contributed by atoms with Crippen LogP contribution in [-0.4, -0.2) is 29.9 Å². The first-order valence-corrected chi connectivity index (χ1v) is 8.69. The zero-order chi connectivity index (χ0) is 17.6. The highest BCUT2D eigenvalue weighted by atomic mass is 19.1. The number of benzene rings is 2. The molecular formula is C20H24FN3O. The first kappa shape index (κ1) is 17.6. The Morgan fingerprint density at radius 1 is 1.12 bits per heavy atom. The normalized spacial score (nSPS) is 17.3. The van der Waals surface area contributed by atoms with Gasteiger partial charge in [-0.3, -0.25) is 15.0 Å². The average molecular weight is 341 g/mol. The molecule has 25 heavy (non-hydrogen) atoms. The summed E-state index contributed by atoms with van der Waals surface area (Å²) in [5.74, 6) is -0.513. The third-order valence-corrected chi connectivity index (χ3v) is 4.76. The molecule has 0 aromatic heterocycles. The number of nitrogens with zero attached hydrogens (tertiary/aromatic N) is 1. The number of carbonyl (C=O) groups excluding carboxylic acids is 1. The second-order valence-electron chi connectivity index (χ2n) is 6.55. The molecule has 1 fully saturated rings. The number of nitrogens with one attached hydrogen (secondary N) is 1. The van der Waals surface area contributed by atoms with Gasteiger partial charge in [0.25, 0.3) is 0 Å². The fourth-order valence-corrected chi connectivity index (χ4v) is 3.35. The maximum Gasteiger partial charge on any atom is 0.239 e. The van der Waals surface area contributed by atoms with Gasteiger partial charge in [-0.05, 0) is 37.6 Å². The number of hydrogen-bond acceptors (Lipinski definition) is 3. The quantitative estimate of drug-likeness (QED) is 0.849. The molecule has 0 radical (unpaired) electrons. The van der Waals surface area contributed by atoms with Gasteiger partial charge >= 0.3 is 0 Å². The molecular weight excluding hydrogens is 317 g/mol. The van der Waals surface area contributed by atoms with Crippen LogP contribution in [0.5, 0.6) is 0 Å². The monoisotopic (exact) mass is 341 g/mol. The van der Waals surface area contributed by atoms with Gasteiger partial charge in [-0.15, -0.1) is 0 Å². The lowest BCUT2D eigenvalue weighted by atomic mass is 10.00. The number of carbonyl (C=O) groups is 1. The smallest absolute Gasteiger partial charge is 0.239 e. The molecule has 1 amide bonds. The van der Waals surface area contributed by atoms with E-state index < -0.39 is 6.04 Å². The maximum absolute atomic E-state index is 13.8. The largest absolute Gasteiger partial charge is 0.368 e. The van der Waals surface area contributed by atoms with Crippen LogP contribution in [0.15, 0.2) is 54.6 Å². The van der Waals surface area contributed by atoms with Crippen molar-refractivity contribution in [2.45, 2.75) is 31.5 Å². The lowest BCUT2D eigenvalue weighted by molar-refractivity contribution is -0.120. The molecule has 1 heterocycles. The van der Waals surface area contributed by atoms with Crippen molar-refractivity contribution >= 4 is 5.91 Å². The van der Waals surface area contributed by atoms with E-state index >= 15 is 0 Å². The Morgan fingerprint density at radius 2 is 1.76 bits per heavy atom. The first-order chi connectivity index (χ1) is 12.1. The van der Waals surface area contributed by atoms with E-state index in [1.54, 1.807) is 6.07 Å². The number of nitrogens with two attached hydrogens (primary N) is 1. The standard InChI is InChI=1S/C20H24FN3O/c21-18-9-5-4-8-16(18)14-24-12-10-17(11-13-24)23-19(20(22)25)15-6-2-1-3-7-15/h1-9,17,19,23H,10-14H2,(H2,22,25). The highest BCUT2D eigenvalue weighted by Gasteiger charge is 2.25. The van der Waals surface area contributed by atoms with Crippen molar-refractivity contribution in [3.05, 3.63) is 71.5 Å². The van der Waals surface area contributed by atoms with Gasteiger partial charge in [-0.2, -0.15) is 0 Å². The molecule has 1 unspecified atom stereocenters. The lowest BCUT2D eigenvalue weighted by Gasteiger charge is -2.34. The van der Waals surface area contributed by atoms with Crippen LogP contribution in [-0.2, 0) is 11.3 Å². The van der Waals surface area contributed by atoms with Gasteiger partial charge in [0.05, 0.1) is 0 Å². The first-order valence-electron chi connectivity index (χ1n) is 8.69. The Labute approximate surface area is 147 Å². The molecule has 3 rings (SSSR count). The molecule has 5 heteroatoms. The Hall–Kier alpha value is -2.24. The van der Waals surface area contributed by atoms with Crippen molar-refractivity contribution in [1.29, 1.82) is 0 Å². The zero-order valence-corrected chi connectivity index (χ0v) is 14.2. The Bertz CT molecular complexity index is 699. The van der Waals surface area contributed by atoms with E-state index in [0.717, 1.165) is 37.1 Å². The van der Waals surface area contributed by atoms with E-state index in [2.05, 4.69) is 10.2 Å². The van der Waals surface area contributed by atoms with Gasteiger partial charge in [0.1, 0.15) is 11.9 Å². The Balaban J connectivity index is 1.55. The molecule has 132 valence electrons. The van der Waals surface area contributed by atoms with Crippen molar-refractivity contribution in [3.8, 4) is 0 Å². The van der Waals surface area contributed by atoms with Crippen LogP contribution in [0, 0.1) is 5.82 Å². The van der Waals surface area contributed by atoms with Gasteiger partial charge in [-0.1, -0.05) is 48.5 Å². The van der Waals surface area contributed by atoms with Crippen LogP contribution in [0.1, 0.15) is 30.0 Å². The van der Waals surface area contributed by atoms with Crippen molar-refractivity contribution in [2.24, 2.45) is 5.73 Å². The molecule has 2 aromatic carbocycles. The second kappa shape index (κ2) is 8.23. The Morgan fingerprint density at radius 3 is 2.40 bits per heavy atom. The minimum Gasteiger partial charge on any atom is -0.368 e. The van der Waals surface area contributed by atoms with E-state index in [-0.39, 0.29) is 17.8 Å². The lowest BCUT2D eigenvalue weighted by Crippen LogP contribution is -2.46. The summed E-state index contributed by atoms with van der Waals surface area (Å²) in [6, 6.07) is 16.2. The molecule has 1 atom stereocenters. The maximum atomic E-state index is 13.8. The summed E-state index contributed by atoms with van der Waals surface area (Å²) in [5.41, 5.74) is 7.20. The summed E-state index contributed by atoms with van der Waals surface area (Å²) >= 11 is 0. The number of amides is 1. The summed E-state index contributed by atoms with van der Waals surface area (Å²) < 4.78 is 13.8. The summed E-state index contributed by atoms with van der Waals surface area (Å²) in [6.45, 7) is 2.36. The summed E-state index contributed by atoms with van der Waals surface area (Å²) in [6.07, 6.45) is 1.82. The summed E-state index contributed by atoms with van der Waals surface area (Å²) in [4.78, 5) is 14.1. The van der Waals surface area contributed by atoms with Gasteiger partial charge in [-0.25, -0.2) is 4.39 Å². The molecule has 1 aliphatic rings. The van der Waals surface area contributed by atoms with Crippen LogP contribution in [0.3, 0.4) is 0 Å². The minimum absolute atomic E-state index is 0.152. The van der Waals surface area contributed by atoms with E-state index in [1.165, 1.54) is 6.07 Å². The van der Waals surface area contributed by atoms with Crippen molar-refractivity contribution < 1.29 is 9.18 Å². The molecule has 1 aliphatic heterocycles. The van der Waals surface area contributed by atoms with Crippen LogP contribution in [0.25, 0.3) is 0 Å². The predicted octanol–water partition coefficient (Wildman–Crippen LogP) is 2.61. The third-order valence-electron chi connectivity index (χ3n) is 4.76. The van der Waals surface area contributed by atoms with Crippen molar-refractivity contribution in [1.82, 2.24) is 10.2 Å². The number of rotatable bonds is 6. The highest BCUT2D eigenvalue weighted by molar-refractivity contribution is 5.81. The third kappa shape index (κ3) is 4.65. The van der Waals surface area contributed by atoms with Gasteiger partial charge in [0.2, 0.25) is 5.91 Å². The van der Waals surface area contributed by atoms with Crippen LogP contribution in [0.4, 0.5) is 4.39 Å². The molecule has 3 N–H and O–H groups in total. The van der Waals surface area contributed by atoms with E-state index in [1.807, 2.05) is 42.5 Å².